The number of carboxylic acid groups (broad SMARTS) is 2. The lowest BCUT2D eigenvalue weighted by Gasteiger charge is -2.24. The molecule has 0 radical (unpaired) electrons. The van der Waals surface area contributed by atoms with Gasteiger partial charge in [0.15, 0.2) is 0 Å². The molecule has 1 amide bonds. The highest BCUT2D eigenvalue weighted by atomic mass is 16.5. The summed E-state index contributed by atoms with van der Waals surface area (Å²) in [5.74, 6) is -4.75. The van der Waals surface area contributed by atoms with Crippen LogP contribution in [-0.4, -0.2) is 58.6 Å². The van der Waals surface area contributed by atoms with Gasteiger partial charge in [-0.25, -0.2) is 4.79 Å². The fourth-order valence-electron chi connectivity index (χ4n) is 1.82. The highest BCUT2D eigenvalue weighted by Crippen LogP contribution is 2.22. The number of methoxy groups -OCH3 is 1. The van der Waals surface area contributed by atoms with Gasteiger partial charge in [-0.05, 0) is 0 Å². The standard InChI is InChI=1S/C10H13NO7/c1-18-10(17)6(3-8(13)14)11-4-5(9(15)16)2-7(11)12/h5-6H,2-4H2,1H3,(H,13,14)(H,15,16)/t5?,6-/m1/s1. The van der Waals surface area contributed by atoms with E-state index in [1.165, 1.54) is 0 Å². The van der Waals surface area contributed by atoms with E-state index in [2.05, 4.69) is 4.74 Å². The Morgan fingerprint density at radius 2 is 2.06 bits per heavy atom. The first-order chi connectivity index (χ1) is 8.36. The van der Waals surface area contributed by atoms with Gasteiger partial charge in [0.05, 0.1) is 19.4 Å². The number of likely N-dealkylation sites (tertiary alicyclic amines) is 1. The number of hydrogen-bond donors (Lipinski definition) is 2. The molecular formula is C10H13NO7. The highest BCUT2D eigenvalue weighted by Gasteiger charge is 2.41. The second kappa shape index (κ2) is 5.48. The second-order valence-electron chi connectivity index (χ2n) is 3.92. The summed E-state index contributed by atoms with van der Waals surface area (Å²) in [4.78, 5) is 45.4. The Morgan fingerprint density at radius 3 is 2.44 bits per heavy atom. The van der Waals surface area contributed by atoms with E-state index in [-0.39, 0.29) is 13.0 Å². The van der Waals surface area contributed by atoms with Gasteiger partial charge in [0, 0.05) is 13.0 Å². The van der Waals surface area contributed by atoms with Crippen LogP contribution in [0.2, 0.25) is 0 Å². The van der Waals surface area contributed by atoms with Gasteiger partial charge in [-0.15, -0.1) is 0 Å². The number of ether oxygens (including phenoxy) is 1. The fourth-order valence-corrected chi connectivity index (χ4v) is 1.82. The predicted molar refractivity (Wildman–Crippen MR) is 55.5 cm³/mol. The van der Waals surface area contributed by atoms with Crippen molar-refractivity contribution in [2.45, 2.75) is 18.9 Å². The maximum absolute atomic E-state index is 11.6. The molecule has 1 unspecified atom stereocenters. The first kappa shape index (κ1) is 13.9. The molecule has 2 N–H and O–H groups in total. The third-order valence-electron chi connectivity index (χ3n) is 2.73. The van der Waals surface area contributed by atoms with Gasteiger partial charge in [-0.1, -0.05) is 0 Å². The predicted octanol–water partition coefficient (Wildman–Crippen LogP) is -1.06. The van der Waals surface area contributed by atoms with Crippen LogP contribution in [0.3, 0.4) is 0 Å². The van der Waals surface area contributed by atoms with E-state index in [0.29, 0.717) is 0 Å². The van der Waals surface area contributed by atoms with Crippen LogP contribution in [0.4, 0.5) is 0 Å². The van der Waals surface area contributed by atoms with Crippen molar-refractivity contribution in [1.82, 2.24) is 4.90 Å². The van der Waals surface area contributed by atoms with E-state index >= 15 is 0 Å². The van der Waals surface area contributed by atoms with Crippen molar-refractivity contribution in [2.24, 2.45) is 5.92 Å². The first-order valence-corrected chi connectivity index (χ1v) is 5.18. The third kappa shape index (κ3) is 2.96. The van der Waals surface area contributed by atoms with E-state index in [0.717, 1.165) is 12.0 Å². The monoisotopic (exact) mass is 259 g/mol. The highest BCUT2D eigenvalue weighted by molar-refractivity contribution is 5.91. The molecule has 0 aromatic rings. The van der Waals surface area contributed by atoms with Crippen molar-refractivity contribution >= 4 is 23.8 Å². The van der Waals surface area contributed by atoms with Gasteiger partial charge in [-0.3, -0.25) is 14.4 Å². The molecule has 8 nitrogen and oxygen atoms in total. The third-order valence-corrected chi connectivity index (χ3v) is 2.73. The molecule has 8 heteroatoms. The summed E-state index contributed by atoms with van der Waals surface area (Å²) in [6.45, 7) is -0.179. The molecule has 1 heterocycles. The molecule has 18 heavy (non-hydrogen) atoms. The van der Waals surface area contributed by atoms with Crippen molar-refractivity contribution < 1.29 is 34.1 Å². The number of aliphatic carboxylic acids is 2. The van der Waals surface area contributed by atoms with Crippen molar-refractivity contribution in [3.63, 3.8) is 0 Å². The summed E-state index contributed by atoms with van der Waals surface area (Å²) >= 11 is 0. The fraction of sp³-hybridized carbons (Fsp3) is 0.600. The Kier molecular flexibility index (Phi) is 4.24. The molecule has 1 rings (SSSR count). The molecule has 0 bridgehead atoms. The summed E-state index contributed by atoms with van der Waals surface area (Å²) in [5.41, 5.74) is 0. The van der Waals surface area contributed by atoms with E-state index in [1.54, 1.807) is 0 Å². The van der Waals surface area contributed by atoms with Crippen LogP contribution in [0.5, 0.6) is 0 Å². The molecule has 0 saturated carbocycles. The molecular weight excluding hydrogens is 246 g/mol. The van der Waals surface area contributed by atoms with E-state index in [4.69, 9.17) is 10.2 Å². The van der Waals surface area contributed by atoms with Gasteiger partial charge in [-0.2, -0.15) is 0 Å². The minimum atomic E-state index is -1.27. The van der Waals surface area contributed by atoms with Crippen LogP contribution in [0.25, 0.3) is 0 Å². The summed E-state index contributed by atoms with van der Waals surface area (Å²) in [5, 5.41) is 17.5. The number of carboxylic acids is 2. The minimum absolute atomic E-state index is 0.179. The zero-order valence-electron chi connectivity index (χ0n) is 9.66. The molecule has 2 atom stereocenters. The number of amides is 1. The largest absolute Gasteiger partial charge is 0.481 e. The van der Waals surface area contributed by atoms with Gasteiger partial charge < -0.3 is 19.8 Å². The average Bonchev–Trinajstić information content (AvgIpc) is 2.67. The quantitative estimate of drug-likeness (QED) is 0.603. The zero-order chi connectivity index (χ0) is 13.9. The number of carbonyl (C=O) groups is 4. The van der Waals surface area contributed by atoms with E-state index < -0.39 is 42.2 Å². The molecule has 1 fully saturated rings. The summed E-state index contributed by atoms with van der Waals surface area (Å²) in [6.07, 6.45) is -0.840. The Hall–Kier alpha value is -2.12. The van der Waals surface area contributed by atoms with Crippen LogP contribution >= 0.6 is 0 Å². The topological polar surface area (TPSA) is 121 Å². The molecule has 1 aliphatic rings. The van der Waals surface area contributed by atoms with Gasteiger partial charge in [0.2, 0.25) is 5.91 Å². The number of hydrogen-bond acceptors (Lipinski definition) is 5. The van der Waals surface area contributed by atoms with Crippen LogP contribution in [0.1, 0.15) is 12.8 Å². The Balaban J connectivity index is 2.86. The second-order valence-corrected chi connectivity index (χ2v) is 3.92. The normalized spacial score (nSPS) is 20.6. The SMILES string of the molecule is COC(=O)[C@@H](CC(=O)O)N1CC(C(=O)O)CC1=O. The Bertz CT molecular complexity index is 392. The molecule has 1 aliphatic heterocycles. The molecule has 0 aliphatic carbocycles. The smallest absolute Gasteiger partial charge is 0.329 e. The van der Waals surface area contributed by atoms with Crippen molar-refractivity contribution in [2.75, 3.05) is 13.7 Å². The summed E-state index contributed by atoms with van der Waals surface area (Å²) in [7, 11) is 1.08. The van der Waals surface area contributed by atoms with Crippen LogP contribution in [-0.2, 0) is 23.9 Å². The van der Waals surface area contributed by atoms with Crippen molar-refractivity contribution in [3.05, 3.63) is 0 Å². The minimum Gasteiger partial charge on any atom is -0.481 e. The molecule has 1 saturated heterocycles. The van der Waals surface area contributed by atoms with Gasteiger partial charge in [0.1, 0.15) is 6.04 Å². The number of rotatable bonds is 5. The number of nitrogens with zero attached hydrogens (tertiary/aromatic N) is 1. The molecule has 0 aromatic carbocycles. The molecule has 0 aromatic heterocycles. The van der Waals surface area contributed by atoms with Crippen molar-refractivity contribution in [3.8, 4) is 0 Å². The van der Waals surface area contributed by atoms with Gasteiger partial charge >= 0.3 is 17.9 Å². The number of carbonyl (C=O) groups excluding carboxylic acids is 2. The van der Waals surface area contributed by atoms with E-state index in [1.807, 2.05) is 0 Å². The first-order valence-electron chi connectivity index (χ1n) is 5.18. The van der Waals surface area contributed by atoms with Crippen LogP contribution in [0, 0.1) is 5.92 Å². The average molecular weight is 259 g/mol. The van der Waals surface area contributed by atoms with Crippen molar-refractivity contribution in [1.29, 1.82) is 0 Å². The number of esters is 1. The van der Waals surface area contributed by atoms with Crippen LogP contribution in [0.15, 0.2) is 0 Å². The maximum atomic E-state index is 11.6. The van der Waals surface area contributed by atoms with E-state index in [9.17, 15) is 19.2 Å². The molecule has 0 spiro atoms. The maximum Gasteiger partial charge on any atom is 0.329 e. The van der Waals surface area contributed by atoms with Gasteiger partial charge in [0.25, 0.3) is 0 Å². The Morgan fingerprint density at radius 1 is 1.44 bits per heavy atom. The molecule has 100 valence electrons. The zero-order valence-corrected chi connectivity index (χ0v) is 9.66. The lowest BCUT2D eigenvalue weighted by atomic mass is 10.1. The Labute approximate surface area is 102 Å². The lowest BCUT2D eigenvalue weighted by molar-refractivity contribution is -0.155. The summed E-state index contributed by atoms with van der Waals surface area (Å²) < 4.78 is 4.43. The lowest BCUT2D eigenvalue weighted by Crippen LogP contribution is -2.44. The van der Waals surface area contributed by atoms with Crippen LogP contribution < -0.4 is 0 Å². The summed E-state index contributed by atoms with van der Waals surface area (Å²) in [6, 6.07) is -1.27.